The predicted molar refractivity (Wildman–Crippen MR) is 130 cm³/mol. The van der Waals surface area contributed by atoms with Gasteiger partial charge in [0.25, 0.3) is 0 Å². The summed E-state index contributed by atoms with van der Waals surface area (Å²) in [4.78, 5) is 11.8. The number of methoxy groups -OCH3 is 1. The Balaban J connectivity index is 1.66. The highest BCUT2D eigenvalue weighted by Crippen LogP contribution is 2.48. The summed E-state index contributed by atoms with van der Waals surface area (Å²) in [6.45, 7) is 1.37. The van der Waals surface area contributed by atoms with Crippen LogP contribution in [0.5, 0.6) is 5.75 Å². The molecule has 0 spiro atoms. The standard InChI is InChI=1S/C27H28FN3O4/c1-34-24-12-19(4-5-21(24)28)31-23-11-18-14-29-30-22(18)13-20(23)25(16-2-3-17(10-16)27(32)33)26(31)15-6-8-35-9-7-15/h4-5,11-17H,2-3,6-10H2,1H3,(H,29,30)(H,32,33)/t16-,17-/m1/s1. The first-order chi connectivity index (χ1) is 17.0. The fourth-order valence-electron chi connectivity index (χ4n) is 6.10. The zero-order valence-corrected chi connectivity index (χ0v) is 19.6. The molecule has 2 aromatic heterocycles. The molecule has 1 saturated carbocycles. The summed E-state index contributed by atoms with van der Waals surface area (Å²) in [5, 5.41) is 19.1. The summed E-state index contributed by atoms with van der Waals surface area (Å²) in [6, 6.07) is 9.24. The van der Waals surface area contributed by atoms with Crippen LogP contribution in [0, 0.1) is 11.7 Å². The molecule has 2 aliphatic rings. The van der Waals surface area contributed by atoms with Crippen LogP contribution in [0.15, 0.2) is 36.5 Å². The third-order valence-electron chi connectivity index (χ3n) is 7.80. The number of aliphatic carboxylic acids is 1. The van der Waals surface area contributed by atoms with Gasteiger partial charge in [0.15, 0.2) is 11.6 Å². The average molecular weight is 478 g/mol. The van der Waals surface area contributed by atoms with Gasteiger partial charge in [0.1, 0.15) is 0 Å². The molecule has 0 bridgehead atoms. The Morgan fingerprint density at radius 1 is 1.17 bits per heavy atom. The lowest BCUT2D eigenvalue weighted by atomic mass is 9.86. The second-order valence-corrected chi connectivity index (χ2v) is 9.71. The smallest absolute Gasteiger partial charge is 0.306 e. The molecule has 3 heterocycles. The number of ether oxygens (including phenoxy) is 2. The molecule has 1 aliphatic carbocycles. The third kappa shape index (κ3) is 3.67. The minimum absolute atomic E-state index is 0.139. The number of aromatic amines is 1. The molecule has 1 saturated heterocycles. The molecule has 7 nitrogen and oxygen atoms in total. The number of rotatable bonds is 5. The summed E-state index contributed by atoms with van der Waals surface area (Å²) in [6.07, 6.45) is 5.71. The molecule has 2 fully saturated rings. The molecule has 1 aliphatic heterocycles. The zero-order chi connectivity index (χ0) is 24.1. The average Bonchev–Trinajstić information content (AvgIpc) is 3.60. The Hall–Kier alpha value is -3.39. The van der Waals surface area contributed by atoms with Crippen molar-refractivity contribution < 1.29 is 23.8 Å². The minimum Gasteiger partial charge on any atom is -0.494 e. The summed E-state index contributed by atoms with van der Waals surface area (Å²) >= 11 is 0. The lowest BCUT2D eigenvalue weighted by molar-refractivity contribution is -0.141. The molecule has 8 heteroatoms. The maximum Gasteiger partial charge on any atom is 0.306 e. The van der Waals surface area contributed by atoms with E-state index in [0.717, 1.165) is 46.8 Å². The normalized spacial score (nSPS) is 21.2. The number of aromatic nitrogens is 3. The van der Waals surface area contributed by atoms with Gasteiger partial charge in [-0.25, -0.2) is 4.39 Å². The number of carbonyl (C=O) groups is 1. The van der Waals surface area contributed by atoms with Crippen molar-refractivity contribution in [2.45, 2.75) is 43.9 Å². The Morgan fingerprint density at radius 2 is 2.00 bits per heavy atom. The highest BCUT2D eigenvalue weighted by atomic mass is 19.1. The van der Waals surface area contributed by atoms with E-state index in [1.165, 1.54) is 24.4 Å². The van der Waals surface area contributed by atoms with Crippen LogP contribution in [0.2, 0.25) is 0 Å². The van der Waals surface area contributed by atoms with Crippen LogP contribution in [-0.2, 0) is 9.53 Å². The summed E-state index contributed by atoms with van der Waals surface area (Å²) in [5.74, 6) is -0.869. The first-order valence-corrected chi connectivity index (χ1v) is 12.2. The van der Waals surface area contributed by atoms with Crippen LogP contribution in [0.1, 0.15) is 55.2 Å². The molecule has 35 heavy (non-hydrogen) atoms. The van der Waals surface area contributed by atoms with Crippen LogP contribution in [0.25, 0.3) is 27.5 Å². The van der Waals surface area contributed by atoms with Crippen molar-refractivity contribution in [3.63, 3.8) is 0 Å². The van der Waals surface area contributed by atoms with E-state index in [2.05, 4.69) is 26.9 Å². The molecule has 6 rings (SSSR count). The topological polar surface area (TPSA) is 89.4 Å². The van der Waals surface area contributed by atoms with E-state index in [1.54, 1.807) is 18.3 Å². The predicted octanol–water partition coefficient (Wildman–Crippen LogP) is 5.52. The molecule has 2 aromatic carbocycles. The number of hydrogen-bond acceptors (Lipinski definition) is 4. The van der Waals surface area contributed by atoms with E-state index in [1.807, 2.05) is 0 Å². The van der Waals surface area contributed by atoms with Gasteiger partial charge in [-0.15, -0.1) is 0 Å². The zero-order valence-electron chi connectivity index (χ0n) is 19.6. The number of carboxylic acids is 1. The van der Waals surface area contributed by atoms with Crippen LogP contribution >= 0.6 is 0 Å². The third-order valence-corrected chi connectivity index (χ3v) is 7.80. The maximum atomic E-state index is 14.4. The van der Waals surface area contributed by atoms with Crippen LogP contribution in [0.3, 0.4) is 0 Å². The number of nitrogens with zero attached hydrogens (tertiary/aromatic N) is 2. The molecule has 2 N–H and O–H groups in total. The molecule has 0 unspecified atom stereocenters. The van der Waals surface area contributed by atoms with Gasteiger partial charge < -0.3 is 19.1 Å². The number of H-pyrrole nitrogens is 1. The van der Waals surface area contributed by atoms with E-state index in [9.17, 15) is 14.3 Å². The van der Waals surface area contributed by atoms with Crippen molar-refractivity contribution in [1.82, 2.24) is 14.8 Å². The van der Waals surface area contributed by atoms with Gasteiger partial charge in [-0.1, -0.05) is 0 Å². The van der Waals surface area contributed by atoms with Crippen molar-refractivity contribution in [1.29, 1.82) is 0 Å². The van der Waals surface area contributed by atoms with Gasteiger partial charge in [0.05, 0.1) is 30.3 Å². The largest absolute Gasteiger partial charge is 0.494 e. The van der Waals surface area contributed by atoms with E-state index < -0.39 is 11.8 Å². The van der Waals surface area contributed by atoms with Crippen LogP contribution in [-0.4, -0.2) is 46.2 Å². The number of carboxylic acid groups (broad SMARTS) is 1. The van der Waals surface area contributed by atoms with Gasteiger partial charge >= 0.3 is 5.97 Å². The molecule has 0 amide bonds. The van der Waals surface area contributed by atoms with E-state index in [4.69, 9.17) is 9.47 Å². The van der Waals surface area contributed by atoms with Gasteiger partial charge in [0.2, 0.25) is 0 Å². The highest BCUT2D eigenvalue weighted by Gasteiger charge is 2.37. The monoisotopic (exact) mass is 477 g/mol. The molecule has 182 valence electrons. The summed E-state index contributed by atoms with van der Waals surface area (Å²) in [7, 11) is 1.47. The molecular formula is C27H28FN3O4. The van der Waals surface area contributed by atoms with Crippen molar-refractivity contribution in [2.24, 2.45) is 5.92 Å². The molecule has 2 atom stereocenters. The fraction of sp³-hybridized carbons (Fsp3) is 0.407. The highest BCUT2D eigenvalue weighted by molar-refractivity contribution is 5.99. The Kier molecular flexibility index (Phi) is 5.48. The quantitative estimate of drug-likeness (QED) is 0.395. The Bertz CT molecular complexity index is 1420. The minimum atomic E-state index is -0.719. The van der Waals surface area contributed by atoms with Crippen LogP contribution < -0.4 is 4.74 Å². The van der Waals surface area contributed by atoms with E-state index in [0.29, 0.717) is 26.1 Å². The van der Waals surface area contributed by atoms with Crippen molar-refractivity contribution in [3.8, 4) is 11.4 Å². The second-order valence-electron chi connectivity index (χ2n) is 9.71. The van der Waals surface area contributed by atoms with E-state index >= 15 is 0 Å². The lowest BCUT2D eigenvalue weighted by Crippen LogP contribution is -2.19. The Morgan fingerprint density at radius 3 is 2.74 bits per heavy atom. The number of hydrogen-bond donors (Lipinski definition) is 2. The van der Waals surface area contributed by atoms with Crippen molar-refractivity contribution in [2.75, 3.05) is 20.3 Å². The van der Waals surface area contributed by atoms with Gasteiger partial charge in [-0.3, -0.25) is 9.89 Å². The summed E-state index contributed by atoms with van der Waals surface area (Å²) in [5.41, 5.74) is 5.20. The Labute approximate surface area is 201 Å². The van der Waals surface area contributed by atoms with Crippen molar-refractivity contribution in [3.05, 3.63) is 53.6 Å². The number of fused-ring (bicyclic) bond motifs is 2. The van der Waals surface area contributed by atoms with Gasteiger partial charge in [-0.2, -0.15) is 5.10 Å². The first-order valence-electron chi connectivity index (χ1n) is 12.2. The van der Waals surface area contributed by atoms with E-state index in [-0.39, 0.29) is 23.5 Å². The molecule has 4 aromatic rings. The molecule has 0 radical (unpaired) electrons. The number of nitrogens with one attached hydrogen (secondary N) is 1. The van der Waals surface area contributed by atoms with Gasteiger partial charge in [0, 0.05) is 47.4 Å². The van der Waals surface area contributed by atoms with Crippen LogP contribution in [0.4, 0.5) is 4.39 Å². The number of halogens is 1. The number of benzene rings is 2. The first kappa shape index (κ1) is 22.1. The SMILES string of the molecule is COc1cc(-n2c(C3CCOCC3)c([C@@H]3CC[C@@H](C(=O)O)C3)c3cc4[nH]ncc4cc32)ccc1F. The van der Waals surface area contributed by atoms with Gasteiger partial charge in [-0.05, 0) is 67.9 Å². The second kappa shape index (κ2) is 8.68. The molecular weight excluding hydrogens is 449 g/mol. The van der Waals surface area contributed by atoms with Crippen molar-refractivity contribution >= 4 is 27.8 Å². The maximum absolute atomic E-state index is 14.4. The fourth-order valence-corrected chi connectivity index (χ4v) is 6.10. The summed E-state index contributed by atoms with van der Waals surface area (Å²) < 4.78 is 27.6. The lowest BCUT2D eigenvalue weighted by Gasteiger charge is -2.27.